The van der Waals surface area contributed by atoms with Crippen molar-refractivity contribution in [3.63, 3.8) is 0 Å². The molecule has 1 aromatic rings. The van der Waals surface area contributed by atoms with Crippen molar-refractivity contribution in [2.75, 3.05) is 13.2 Å². The van der Waals surface area contributed by atoms with Crippen molar-refractivity contribution in [3.8, 4) is 5.75 Å². The summed E-state index contributed by atoms with van der Waals surface area (Å²) in [7, 11) is 0. The maximum Gasteiger partial charge on any atom is 0.124 e. The van der Waals surface area contributed by atoms with E-state index in [1.54, 1.807) is 0 Å². The van der Waals surface area contributed by atoms with E-state index < -0.39 is 0 Å². The minimum atomic E-state index is -0.0522. The Morgan fingerprint density at radius 1 is 1.50 bits per heavy atom. The van der Waals surface area contributed by atoms with Gasteiger partial charge in [0.1, 0.15) is 12.4 Å². The second-order valence-corrected chi connectivity index (χ2v) is 3.40. The van der Waals surface area contributed by atoms with Crippen molar-refractivity contribution >= 4 is 0 Å². The first-order chi connectivity index (χ1) is 6.65. The Bertz CT molecular complexity index is 297. The smallest absolute Gasteiger partial charge is 0.124 e. The van der Waals surface area contributed by atoms with Crippen LogP contribution in [-0.4, -0.2) is 18.3 Å². The molecule has 0 unspecified atom stereocenters. The van der Waals surface area contributed by atoms with Crippen LogP contribution in [0.5, 0.6) is 5.75 Å². The fraction of sp³-hybridized carbons (Fsp3) is 0.455. The number of aliphatic hydroxyl groups is 1. The molecular weight excluding hydrogens is 178 g/mol. The van der Waals surface area contributed by atoms with E-state index in [1.807, 2.05) is 32.0 Å². The van der Waals surface area contributed by atoms with Crippen molar-refractivity contribution in [1.82, 2.24) is 0 Å². The highest BCUT2D eigenvalue weighted by molar-refractivity contribution is 5.38. The number of rotatable bonds is 4. The number of aliphatic hydroxyl groups excluding tert-OH is 1. The molecule has 0 radical (unpaired) electrons. The molecule has 14 heavy (non-hydrogen) atoms. The van der Waals surface area contributed by atoms with E-state index in [2.05, 4.69) is 0 Å². The van der Waals surface area contributed by atoms with Crippen LogP contribution in [0.25, 0.3) is 0 Å². The SMILES string of the molecule is Cc1ccc(OCCO)c([C@@H](C)N)c1. The van der Waals surface area contributed by atoms with Gasteiger partial charge in [0.2, 0.25) is 0 Å². The van der Waals surface area contributed by atoms with Crippen LogP contribution in [-0.2, 0) is 0 Å². The first-order valence-corrected chi connectivity index (χ1v) is 4.75. The lowest BCUT2D eigenvalue weighted by Crippen LogP contribution is -2.10. The predicted octanol–water partition coefficient (Wildman–Crippen LogP) is 1.39. The zero-order valence-electron chi connectivity index (χ0n) is 8.66. The Labute approximate surface area is 84.5 Å². The summed E-state index contributed by atoms with van der Waals surface area (Å²) < 4.78 is 5.37. The number of ether oxygens (including phenoxy) is 1. The number of benzene rings is 1. The van der Waals surface area contributed by atoms with Crippen molar-refractivity contribution in [3.05, 3.63) is 29.3 Å². The Morgan fingerprint density at radius 2 is 2.21 bits per heavy atom. The summed E-state index contributed by atoms with van der Waals surface area (Å²) in [6.45, 7) is 4.26. The summed E-state index contributed by atoms with van der Waals surface area (Å²) in [6.07, 6.45) is 0. The second kappa shape index (κ2) is 4.98. The number of hydrogen-bond acceptors (Lipinski definition) is 3. The molecule has 0 aliphatic carbocycles. The molecule has 1 rings (SSSR count). The van der Waals surface area contributed by atoms with Gasteiger partial charge in [0, 0.05) is 11.6 Å². The number of hydrogen-bond donors (Lipinski definition) is 2. The molecule has 0 saturated heterocycles. The van der Waals surface area contributed by atoms with Crippen molar-refractivity contribution < 1.29 is 9.84 Å². The Kier molecular flexibility index (Phi) is 3.92. The van der Waals surface area contributed by atoms with E-state index in [9.17, 15) is 0 Å². The van der Waals surface area contributed by atoms with E-state index in [0.29, 0.717) is 6.61 Å². The largest absolute Gasteiger partial charge is 0.491 e. The van der Waals surface area contributed by atoms with Crippen molar-refractivity contribution in [2.45, 2.75) is 19.9 Å². The highest BCUT2D eigenvalue weighted by atomic mass is 16.5. The highest BCUT2D eigenvalue weighted by Gasteiger charge is 2.07. The zero-order valence-corrected chi connectivity index (χ0v) is 8.66. The third-order valence-electron chi connectivity index (χ3n) is 2.00. The van der Waals surface area contributed by atoms with Crippen LogP contribution in [0.4, 0.5) is 0 Å². The van der Waals surface area contributed by atoms with E-state index in [0.717, 1.165) is 16.9 Å². The van der Waals surface area contributed by atoms with Crippen LogP contribution in [0.2, 0.25) is 0 Å². The standard InChI is InChI=1S/C11H17NO2/c1-8-3-4-11(14-6-5-13)10(7-8)9(2)12/h3-4,7,9,13H,5-6,12H2,1-2H3/t9-/m1/s1. The quantitative estimate of drug-likeness (QED) is 0.763. The van der Waals surface area contributed by atoms with Crippen LogP contribution in [0.3, 0.4) is 0 Å². The first kappa shape index (κ1) is 11.0. The highest BCUT2D eigenvalue weighted by Crippen LogP contribution is 2.24. The molecule has 0 saturated carbocycles. The number of aryl methyl sites for hydroxylation is 1. The lowest BCUT2D eigenvalue weighted by molar-refractivity contribution is 0.200. The van der Waals surface area contributed by atoms with Gasteiger partial charge in [-0.3, -0.25) is 0 Å². The van der Waals surface area contributed by atoms with E-state index >= 15 is 0 Å². The average molecular weight is 195 g/mol. The van der Waals surface area contributed by atoms with E-state index in [1.165, 1.54) is 0 Å². The van der Waals surface area contributed by atoms with Gasteiger partial charge in [-0.2, -0.15) is 0 Å². The van der Waals surface area contributed by atoms with Gasteiger partial charge in [-0.05, 0) is 19.9 Å². The first-order valence-electron chi connectivity index (χ1n) is 4.75. The topological polar surface area (TPSA) is 55.5 Å². The summed E-state index contributed by atoms with van der Waals surface area (Å²) in [6, 6.07) is 5.82. The van der Waals surface area contributed by atoms with Crippen LogP contribution < -0.4 is 10.5 Å². The maximum atomic E-state index is 8.66. The molecule has 0 aromatic heterocycles. The summed E-state index contributed by atoms with van der Waals surface area (Å²) in [4.78, 5) is 0. The molecule has 1 atom stereocenters. The minimum Gasteiger partial charge on any atom is -0.491 e. The molecule has 78 valence electrons. The lowest BCUT2D eigenvalue weighted by Gasteiger charge is -2.14. The monoisotopic (exact) mass is 195 g/mol. The Balaban J connectivity index is 2.90. The van der Waals surface area contributed by atoms with Gasteiger partial charge in [-0.1, -0.05) is 17.7 Å². The maximum absolute atomic E-state index is 8.66. The van der Waals surface area contributed by atoms with Gasteiger partial charge in [0.05, 0.1) is 6.61 Å². The second-order valence-electron chi connectivity index (χ2n) is 3.40. The molecule has 0 spiro atoms. The fourth-order valence-corrected chi connectivity index (χ4v) is 1.31. The van der Waals surface area contributed by atoms with Crippen LogP contribution >= 0.6 is 0 Å². The van der Waals surface area contributed by atoms with Crippen LogP contribution in [0.1, 0.15) is 24.1 Å². The molecule has 1 aromatic carbocycles. The zero-order chi connectivity index (χ0) is 10.6. The molecular formula is C11H17NO2. The third-order valence-corrected chi connectivity index (χ3v) is 2.00. The van der Waals surface area contributed by atoms with Crippen molar-refractivity contribution in [2.24, 2.45) is 5.73 Å². The van der Waals surface area contributed by atoms with Gasteiger partial charge in [0.15, 0.2) is 0 Å². The van der Waals surface area contributed by atoms with Gasteiger partial charge in [-0.25, -0.2) is 0 Å². The molecule has 3 nitrogen and oxygen atoms in total. The van der Waals surface area contributed by atoms with E-state index in [-0.39, 0.29) is 12.6 Å². The predicted molar refractivity (Wildman–Crippen MR) is 56.4 cm³/mol. The van der Waals surface area contributed by atoms with Gasteiger partial charge in [-0.15, -0.1) is 0 Å². The number of nitrogens with two attached hydrogens (primary N) is 1. The minimum absolute atomic E-state index is 0.0201. The lowest BCUT2D eigenvalue weighted by atomic mass is 10.1. The van der Waals surface area contributed by atoms with Gasteiger partial charge in [0.25, 0.3) is 0 Å². The van der Waals surface area contributed by atoms with E-state index in [4.69, 9.17) is 15.6 Å². The summed E-state index contributed by atoms with van der Waals surface area (Å²) in [5.41, 5.74) is 7.96. The third kappa shape index (κ3) is 2.72. The molecule has 3 heteroatoms. The van der Waals surface area contributed by atoms with Gasteiger partial charge < -0.3 is 15.6 Å². The van der Waals surface area contributed by atoms with Crippen molar-refractivity contribution in [1.29, 1.82) is 0 Å². The van der Waals surface area contributed by atoms with Crippen LogP contribution in [0.15, 0.2) is 18.2 Å². The summed E-state index contributed by atoms with van der Waals surface area (Å²) >= 11 is 0. The Morgan fingerprint density at radius 3 is 2.79 bits per heavy atom. The van der Waals surface area contributed by atoms with Gasteiger partial charge >= 0.3 is 0 Å². The molecule has 3 N–H and O–H groups in total. The summed E-state index contributed by atoms with van der Waals surface area (Å²) in [5.74, 6) is 0.764. The Hall–Kier alpha value is -1.06. The van der Waals surface area contributed by atoms with Crippen LogP contribution in [0, 0.1) is 6.92 Å². The molecule has 0 amide bonds. The normalized spacial score (nSPS) is 12.6. The molecule has 0 heterocycles. The fourth-order valence-electron chi connectivity index (χ4n) is 1.31. The molecule has 0 aliphatic rings. The molecule has 0 bridgehead atoms. The average Bonchev–Trinajstić information content (AvgIpc) is 2.15. The summed E-state index contributed by atoms with van der Waals surface area (Å²) in [5, 5.41) is 8.66. The molecule has 0 aliphatic heterocycles. The molecule has 0 fully saturated rings.